The minimum absolute atomic E-state index is 0.00934. The van der Waals surface area contributed by atoms with Crippen LogP contribution in [-0.2, 0) is 10.9 Å². The van der Waals surface area contributed by atoms with Gasteiger partial charge >= 0.3 is 12.3 Å². The van der Waals surface area contributed by atoms with E-state index < -0.39 is 35.6 Å². The van der Waals surface area contributed by atoms with Gasteiger partial charge in [0.05, 0.1) is 18.2 Å². The fourth-order valence-corrected chi connectivity index (χ4v) is 2.43. The lowest BCUT2D eigenvalue weighted by atomic mass is 10.1. The van der Waals surface area contributed by atoms with Crippen molar-refractivity contribution in [2.75, 3.05) is 13.1 Å². The van der Waals surface area contributed by atoms with Crippen molar-refractivity contribution in [3.63, 3.8) is 0 Å². The number of hydrogen-bond acceptors (Lipinski definition) is 4. The van der Waals surface area contributed by atoms with Crippen LogP contribution in [-0.4, -0.2) is 47.0 Å². The Morgan fingerprint density at radius 2 is 1.96 bits per heavy atom. The molecule has 1 heterocycles. The van der Waals surface area contributed by atoms with Crippen LogP contribution in [0.5, 0.6) is 5.75 Å². The van der Waals surface area contributed by atoms with Gasteiger partial charge in [-0.05, 0) is 45.4 Å². The minimum atomic E-state index is -4.48. The zero-order valence-electron chi connectivity index (χ0n) is 14.3. The van der Waals surface area contributed by atoms with Gasteiger partial charge in [0.25, 0.3) is 0 Å². The molecule has 0 aromatic heterocycles. The average molecular weight is 361 g/mol. The standard InChI is InChI=1S/C17H22F3NO4/c1-16(2,3)25-15(23)21-8-7-13(22)14(10-21)24-12-6-4-5-11(9-12)17(18,19)20/h4-6,9,13-14,22H,7-8,10H2,1-3H3/t13-,14-/m1/s1. The largest absolute Gasteiger partial charge is 0.486 e. The van der Waals surface area contributed by atoms with Crippen LogP contribution < -0.4 is 4.74 Å². The second kappa shape index (κ2) is 7.11. The van der Waals surface area contributed by atoms with Crippen molar-refractivity contribution in [1.29, 1.82) is 0 Å². The summed E-state index contributed by atoms with van der Waals surface area (Å²) in [4.78, 5) is 13.5. The van der Waals surface area contributed by atoms with E-state index in [1.165, 1.54) is 17.0 Å². The van der Waals surface area contributed by atoms with Crippen molar-refractivity contribution in [1.82, 2.24) is 4.90 Å². The summed E-state index contributed by atoms with van der Waals surface area (Å²) in [6.07, 6.45) is -6.48. The molecule has 1 N–H and O–H groups in total. The van der Waals surface area contributed by atoms with Gasteiger partial charge in [0.15, 0.2) is 0 Å². The predicted molar refractivity (Wildman–Crippen MR) is 84.3 cm³/mol. The highest BCUT2D eigenvalue weighted by Crippen LogP contribution is 2.32. The van der Waals surface area contributed by atoms with Crippen molar-refractivity contribution < 1.29 is 32.5 Å². The van der Waals surface area contributed by atoms with E-state index in [9.17, 15) is 23.1 Å². The Morgan fingerprint density at radius 1 is 1.28 bits per heavy atom. The SMILES string of the molecule is CC(C)(C)OC(=O)N1CC[C@@H](O)[C@H](Oc2cccc(C(F)(F)F)c2)C1. The van der Waals surface area contributed by atoms with Gasteiger partial charge < -0.3 is 19.5 Å². The van der Waals surface area contributed by atoms with Crippen molar-refractivity contribution in [2.45, 2.75) is 51.2 Å². The van der Waals surface area contributed by atoms with Crippen molar-refractivity contribution in [3.8, 4) is 5.75 Å². The number of aliphatic hydroxyl groups excluding tert-OH is 1. The molecule has 8 heteroatoms. The number of aliphatic hydroxyl groups is 1. The molecule has 0 spiro atoms. The van der Waals surface area contributed by atoms with E-state index in [0.717, 1.165) is 12.1 Å². The first kappa shape index (κ1) is 19.4. The maximum atomic E-state index is 12.8. The Hall–Kier alpha value is -1.96. The summed E-state index contributed by atoms with van der Waals surface area (Å²) in [5.41, 5.74) is -1.50. The number of likely N-dealkylation sites (tertiary alicyclic amines) is 1. The molecule has 1 saturated heterocycles. The van der Waals surface area contributed by atoms with E-state index in [2.05, 4.69) is 0 Å². The van der Waals surface area contributed by atoms with Gasteiger partial charge in [-0.3, -0.25) is 0 Å². The molecule has 140 valence electrons. The first-order valence-corrected chi connectivity index (χ1v) is 7.95. The van der Waals surface area contributed by atoms with Crippen molar-refractivity contribution in [2.24, 2.45) is 0 Å². The molecule has 25 heavy (non-hydrogen) atoms. The molecule has 1 aliphatic heterocycles. The number of alkyl halides is 3. The lowest BCUT2D eigenvalue weighted by molar-refractivity contribution is -0.137. The third kappa shape index (κ3) is 5.52. The fourth-order valence-electron chi connectivity index (χ4n) is 2.43. The highest BCUT2D eigenvalue weighted by Gasteiger charge is 2.35. The Labute approximate surface area is 144 Å². The molecule has 2 rings (SSSR count). The summed E-state index contributed by atoms with van der Waals surface area (Å²) in [5.74, 6) is -0.00934. The van der Waals surface area contributed by atoms with Gasteiger partial charge in [-0.15, -0.1) is 0 Å². The van der Waals surface area contributed by atoms with Crippen LogP contribution in [0.2, 0.25) is 0 Å². The molecule has 1 aliphatic rings. The summed E-state index contributed by atoms with van der Waals surface area (Å²) < 4.78 is 49.1. The average Bonchev–Trinajstić information content (AvgIpc) is 2.47. The van der Waals surface area contributed by atoms with Crippen molar-refractivity contribution >= 4 is 6.09 Å². The summed E-state index contributed by atoms with van der Waals surface area (Å²) in [6, 6.07) is 4.43. The summed E-state index contributed by atoms with van der Waals surface area (Å²) >= 11 is 0. The van der Waals surface area contributed by atoms with Crippen LogP contribution in [0.3, 0.4) is 0 Å². The zero-order chi connectivity index (χ0) is 18.8. The second-order valence-corrected chi connectivity index (χ2v) is 6.96. The molecule has 1 aromatic rings. The molecule has 0 unspecified atom stereocenters. The Morgan fingerprint density at radius 3 is 2.56 bits per heavy atom. The molecule has 2 atom stereocenters. The quantitative estimate of drug-likeness (QED) is 0.877. The van der Waals surface area contributed by atoms with Crippen LogP contribution in [0, 0.1) is 0 Å². The second-order valence-electron chi connectivity index (χ2n) is 6.96. The smallest absolute Gasteiger partial charge is 0.416 e. The number of amides is 1. The van der Waals surface area contributed by atoms with E-state index in [-0.39, 0.29) is 18.7 Å². The minimum Gasteiger partial charge on any atom is -0.486 e. The van der Waals surface area contributed by atoms with Crippen LogP contribution in [0.15, 0.2) is 24.3 Å². The Bertz CT molecular complexity index is 613. The van der Waals surface area contributed by atoms with E-state index >= 15 is 0 Å². The van der Waals surface area contributed by atoms with Gasteiger partial charge in [-0.25, -0.2) is 4.79 Å². The van der Waals surface area contributed by atoms with Crippen LogP contribution in [0.4, 0.5) is 18.0 Å². The van der Waals surface area contributed by atoms with Crippen LogP contribution >= 0.6 is 0 Å². The molecule has 5 nitrogen and oxygen atoms in total. The topological polar surface area (TPSA) is 59.0 Å². The maximum Gasteiger partial charge on any atom is 0.416 e. The number of nitrogens with zero attached hydrogens (tertiary/aromatic N) is 1. The third-order valence-corrected chi connectivity index (χ3v) is 3.62. The Balaban J connectivity index is 2.07. The highest BCUT2D eigenvalue weighted by atomic mass is 19.4. The van der Waals surface area contributed by atoms with Crippen LogP contribution in [0.1, 0.15) is 32.8 Å². The lowest BCUT2D eigenvalue weighted by Gasteiger charge is -2.36. The van der Waals surface area contributed by atoms with E-state index in [1.807, 2.05) is 0 Å². The first-order valence-electron chi connectivity index (χ1n) is 7.95. The molecular formula is C17H22F3NO4. The molecule has 0 aliphatic carbocycles. The molecule has 1 amide bonds. The highest BCUT2D eigenvalue weighted by molar-refractivity contribution is 5.68. The number of carbonyl (C=O) groups excluding carboxylic acids is 1. The van der Waals surface area contributed by atoms with Gasteiger partial charge in [-0.1, -0.05) is 6.07 Å². The number of halogens is 3. The summed E-state index contributed by atoms with van der Waals surface area (Å²) in [5, 5.41) is 10.1. The Kier molecular flexibility index (Phi) is 5.51. The van der Waals surface area contributed by atoms with E-state index in [0.29, 0.717) is 6.54 Å². The van der Waals surface area contributed by atoms with E-state index in [1.54, 1.807) is 20.8 Å². The number of hydrogen-bond donors (Lipinski definition) is 1. The number of carbonyl (C=O) groups is 1. The summed E-state index contributed by atoms with van der Waals surface area (Å²) in [7, 11) is 0. The summed E-state index contributed by atoms with van der Waals surface area (Å²) in [6.45, 7) is 5.53. The van der Waals surface area contributed by atoms with E-state index in [4.69, 9.17) is 9.47 Å². The van der Waals surface area contributed by atoms with Gasteiger partial charge in [-0.2, -0.15) is 13.2 Å². The predicted octanol–water partition coefficient (Wildman–Crippen LogP) is 3.45. The number of piperidine rings is 1. The molecule has 0 saturated carbocycles. The number of ether oxygens (including phenoxy) is 2. The first-order chi connectivity index (χ1) is 11.5. The number of benzene rings is 1. The molecule has 0 radical (unpaired) electrons. The molecule has 0 bridgehead atoms. The molecular weight excluding hydrogens is 339 g/mol. The normalized spacial score (nSPS) is 21.8. The van der Waals surface area contributed by atoms with Gasteiger partial charge in [0.1, 0.15) is 17.5 Å². The van der Waals surface area contributed by atoms with Crippen molar-refractivity contribution in [3.05, 3.63) is 29.8 Å². The number of rotatable bonds is 2. The molecule has 1 aromatic carbocycles. The van der Waals surface area contributed by atoms with Gasteiger partial charge in [0.2, 0.25) is 0 Å². The zero-order valence-corrected chi connectivity index (χ0v) is 14.3. The monoisotopic (exact) mass is 361 g/mol. The lowest BCUT2D eigenvalue weighted by Crippen LogP contribution is -2.52. The third-order valence-electron chi connectivity index (χ3n) is 3.62. The maximum absolute atomic E-state index is 12.8. The molecule has 1 fully saturated rings. The van der Waals surface area contributed by atoms with Crippen LogP contribution in [0.25, 0.3) is 0 Å². The fraction of sp³-hybridized carbons (Fsp3) is 0.588. The van der Waals surface area contributed by atoms with Gasteiger partial charge in [0, 0.05) is 6.54 Å².